The number of allylic oxidation sites excluding steroid dienone is 2. The van der Waals surface area contributed by atoms with Crippen LogP contribution < -0.4 is 0 Å². The fourth-order valence-electron chi connectivity index (χ4n) is 3.82. The van der Waals surface area contributed by atoms with Crippen LogP contribution in [0.25, 0.3) is 0 Å². The highest BCUT2D eigenvalue weighted by Gasteiger charge is 2.25. The van der Waals surface area contributed by atoms with E-state index in [4.69, 9.17) is 4.74 Å². The van der Waals surface area contributed by atoms with Gasteiger partial charge in [0.15, 0.2) is 0 Å². The maximum Gasteiger partial charge on any atom is 0.321 e. The number of carbonyl (C=O) groups is 1. The lowest BCUT2D eigenvalue weighted by Gasteiger charge is -2.28. The van der Waals surface area contributed by atoms with Crippen molar-refractivity contribution >= 4 is 5.97 Å². The third-order valence-electron chi connectivity index (χ3n) is 5.98. The minimum absolute atomic E-state index is 0.114. The maximum absolute atomic E-state index is 12.7. The Kier molecular flexibility index (Phi) is 18.9. The molecule has 0 radical (unpaired) electrons. The number of ether oxygens (including phenoxy) is 1. The van der Waals surface area contributed by atoms with Crippen LogP contribution in [0.5, 0.6) is 0 Å². The van der Waals surface area contributed by atoms with Gasteiger partial charge in [-0.15, -0.1) is 0 Å². The number of rotatable bonds is 21. The minimum atomic E-state index is -0.588. The molecule has 0 rings (SSSR count). The van der Waals surface area contributed by atoms with Crippen LogP contribution in [-0.2, 0) is 9.53 Å². The Balaban J connectivity index is 4.56. The predicted molar refractivity (Wildman–Crippen MR) is 137 cm³/mol. The number of nitrogens with zero attached hydrogens (tertiary/aromatic N) is 1. The lowest BCUT2D eigenvalue weighted by Crippen LogP contribution is -2.37. The first-order valence-corrected chi connectivity index (χ1v) is 13.1. The number of unbranched alkanes of at least 4 members (excludes halogenated alkanes) is 10. The van der Waals surface area contributed by atoms with Gasteiger partial charge in [0.2, 0.25) is 0 Å². The van der Waals surface area contributed by atoms with Gasteiger partial charge in [0, 0.05) is 0 Å². The zero-order chi connectivity index (χ0) is 23.4. The molecule has 1 atom stereocenters. The number of esters is 1. The van der Waals surface area contributed by atoms with Crippen LogP contribution in [0.2, 0.25) is 0 Å². The Morgan fingerprint density at radius 1 is 0.871 bits per heavy atom. The van der Waals surface area contributed by atoms with E-state index in [2.05, 4.69) is 45.2 Å². The highest BCUT2D eigenvalue weighted by molar-refractivity contribution is 5.72. The summed E-state index contributed by atoms with van der Waals surface area (Å²) in [6.45, 7) is 17.0. The van der Waals surface area contributed by atoms with E-state index in [1.165, 1.54) is 82.6 Å². The van der Waals surface area contributed by atoms with Gasteiger partial charge in [-0.25, -0.2) is 0 Å². The molecule has 0 aromatic carbocycles. The minimum Gasteiger partial charge on any atom is -0.454 e. The van der Waals surface area contributed by atoms with E-state index in [-0.39, 0.29) is 5.97 Å². The van der Waals surface area contributed by atoms with E-state index in [1.807, 2.05) is 6.92 Å². The van der Waals surface area contributed by atoms with Gasteiger partial charge in [-0.1, -0.05) is 96.3 Å². The molecule has 0 aliphatic carbocycles. The second-order valence-corrected chi connectivity index (χ2v) is 9.62. The summed E-state index contributed by atoms with van der Waals surface area (Å²) in [5.74, 6) is -0.114. The van der Waals surface area contributed by atoms with E-state index in [9.17, 15) is 4.79 Å². The molecule has 0 aromatic heterocycles. The number of hydrogen-bond donors (Lipinski definition) is 0. The SMILES string of the molecule is C=CC(C)(CCC=C(C)C)OC(=O)CN(CCCCCCCC)CCCCCCCC. The lowest BCUT2D eigenvalue weighted by molar-refractivity contribution is -0.155. The summed E-state index contributed by atoms with van der Waals surface area (Å²) in [5.41, 5.74) is 0.705. The average Bonchev–Trinajstić information content (AvgIpc) is 2.72. The van der Waals surface area contributed by atoms with E-state index in [1.54, 1.807) is 6.08 Å². The molecule has 0 aliphatic rings. The van der Waals surface area contributed by atoms with Crippen LogP contribution in [-0.4, -0.2) is 36.1 Å². The lowest BCUT2D eigenvalue weighted by atomic mass is 9.99. The summed E-state index contributed by atoms with van der Waals surface area (Å²) in [6, 6.07) is 0. The van der Waals surface area contributed by atoms with Gasteiger partial charge < -0.3 is 4.74 Å². The topological polar surface area (TPSA) is 29.5 Å². The Bertz CT molecular complexity index is 465. The van der Waals surface area contributed by atoms with Gasteiger partial charge in [0.1, 0.15) is 5.60 Å². The Morgan fingerprint density at radius 3 is 1.81 bits per heavy atom. The molecule has 0 N–H and O–H groups in total. The molecule has 0 saturated heterocycles. The van der Waals surface area contributed by atoms with Gasteiger partial charge in [-0.05, 0) is 65.6 Å². The van der Waals surface area contributed by atoms with Crippen molar-refractivity contribution in [1.29, 1.82) is 0 Å². The van der Waals surface area contributed by atoms with Crippen LogP contribution >= 0.6 is 0 Å². The Hall–Kier alpha value is -1.09. The molecule has 0 aliphatic heterocycles. The first kappa shape index (κ1) is 29.9. The summed E-state index contributed by atoms with van der Waals surface area (Å²) in [7, 11) is 0. The van der Waals surface area contributed by atoms with Gasteiger partial charge in [-0.2, -0.15) is 0 Å². The van der Waals surface area contributed by atoms with Gasteiger partial charge in [0.25, 0.3) is 0 Å². The molecule has 182 valence electrons. The molecule has 31 heavy (non-hydrogen) atoms. The van der Waals surface area contributed by atoms with Crippen molar-refractivity contribution in [3.8, 4) is 0 Å². The summed E-state index contributed by atoms with van der Waals surface area (Å²) in [4.78, 5) is 15.1. The van der Waals surface area contributed by atoms with Crippen molar-refractivity contribution in [2.45, 2.75) is 130 Å². The van der Waals surface area contributed by atoms with Crippen molar-refractivity contribution in [2.24, 2.45) is 0 Å². The molecule has 0 saturated carbocycles. The van der Waals surface area contributed by atoms with Crippen molar-refractivity contribution < 1.29 is 9.53 Å². The van der Waals surface area contributed by atoms with Crippen LogP contribution in [0.4, 0.5) is 0 Å². The second-order valence-electron chi connectivity index (χ2n) is 9.62. The summed E-state index contributed by atoms with van der Waals surface area (Å²) >= 11 is 0. The molecule has 0 spiro atoms. The highest BCUT2D eigenvalue weighted by atomic mass is 16.6. The average molecular weight is 436 g/mol. The van der Waals surface area contributed by atoms with E-state index >= 15 is 0 Å². The standard InChI is InChI=1S/C28H53NO2/c1-7-10-12-14-16-18-23-29(24-19-17-15-13-11-8-2)25-27(30)31-28(6,9-3)22-20-21-26(4)5/h9,21H,3,7-8,10-20,22-25H2,1-2,4-6H3. The quantitative estimate of drug-likeness (QED) is 0.103. The Labute approximate surface area is 194 Å². The number of hydrogen-bond acceptors (Lipinski definition) is 3. The van der Waals surface area contributed by atoms with Crippen LogP contribution in [0, 0.1) is 0 Å². The van der Waals surface area contributed by atoms with Crippen molar-refractivity contribution in [1.82, 2.24) is 4.90 Å². The largest absolute Gasteiger partial charge is 0.454 e. The Morgan fingerprint density at radius 2 is 1.35 bits per heavy atom. The predicted octanol–water partition coefficient (Wildman–Crippen LogP) is 8.24. The molecule has 0 aromatic rings. The van der Waals surface area contributed by atoms with E-state index < -0.39 is 5.60 Å². The molecule has 0 heterocycles. The normalized spacial score (nSPS) is 13.1. The molecule has 1 unspecified atom stereocenters. The molecular formula is C28H53NO2. The summed E-state index contributed by atoms with van der Waals surface area (Å²) in [5, 5.41) is 0. The fraction of sp³-hybridized carbons (Fsp3) is 0.821. The molecule has 0 amide bonds. The van der Waals surface area contributed by atoms with E-state index in [0.29, 0.717) is 6.54 Å². The van der Waals surface area contributed by atoms with Crippen LogP contribution in [0.3, 0.4) is 0 Å². The monoisotopic (exact) mass is 435 g/mol. The molecule has 0 fully saturated rings. The number of carbonyl (C=O) groups excluding carboxylic acids is 1. The maximum atomic E-state index is 12.7. The van der Waals surface area contributed by atoms with Crippen molar-refractivity contribution in [3.05, 3.63) is 24.3 Å². The molecule has 3 heteroatoms. The first-order chi connectivity index (χ1) is 14.9. The molecule has 3 nitrogen and oxygen atoms in total. The van der Waals surface area contributed by atoms with Crippen LogP contribution in [0.1, 0.15) is 125 Å². The third-order valence-corrected chi connectivity index (χ3v) is 5.98. The van der Waals surface area contributed by atoms with Crippen molar-refractivity contribution in [2.75, 3.05) is 19.6 Å². The highest BCUT2D eigenvalue weighted by Crippen LogP contribution is 2.20. The van der Waals surface area contributed by atoms with E-state index in [0.717, 1.165) is 25.9 Å². The van der Waals surface area contributed by atoms with Crippen molar-refractivity contribution in [3.63, 3.8) is 0 Å². The third kappa shape index (κ3) is 18.2. The zero-order valence-electron chi connectivity index (χ0n) is 21.6. The first-order valence-electron chi connectivity index (χ1n) is 13.1. The summed E-state index contributed by atoms with van der Waals surface area (Å²) in [6.07, 6.45) is 21.0. The van der Waals surface area contributed by atoms with Gasteiger partial charge >= 0.3 is 5.97 Å². The smallest absolute Gasteiger partial charge is 0.321 e. The van der Waals surface area contributed by atoms with Gasteiger partial charge in [-0.3, -0.25) is 9.69 Å². The van der Waals surface area contributed by atoms with Crippen LogP contribution in [0.15, 0.2) is 24.3 Å². The second kappa shape index (κ2) is 19.6. The molecular weight excluding hydrogens is 382 g/mol. The zero-order valence-corrected chi connectivity index (χ0v) is 21.6. The summed E-state index contributed by atoms with van der Waals surface area (Å²) < 4.78 is 5.89. The van der Waals surface area contributed by atoms with Gasteiger partial charge in [0.05, 0.1) is 6.54 Å². The fourth-order valence-corrected chi connectivity index (χ4v) is 3.82. The molecule has 0 bridgehead atoms.